The molecule has 0 amide bonds. The summed E-state index contributed by atoms with van der Waals surface area (Å²) < 4.78 is 6.30. The minimum Gasteiger partial charge on any atom is -0.456 e. The van der Waals surface area contributed by atoms with E-state index in [0.29, 0.717) is 0 Å². The highest BCUT2D eigenvalue weighted by molar-refractivity contribution is 6.07. The van der Waals surface area contributed by atoms with Gasteiger partial charge in [0.15, 0.2) is 0 Å². The van der Waals surface area contributed by atoms with Gasteiger partial charge in [0, 0.05) is 16.2 Å². The molecule has 0 saturated carbocycles. The Labute approximate surface area is 215 Å². The molecule has 36 heavy (non-hydrogen) atoms. The molecule has 5 aromatic rings. The van der Waals surface area contributed by atoms with E-state index >= 15 is 0 Å². The van der Waals surface area contributed by atoms with Gasteiger partial charge in [-0.2, -0.15) is 0 Å². The molecule has 0 N–H and O–H groups in total. The van der Waals surface area contributed by atoms with E-state index < -0.39 is 0 Å². The van der Waals surface area contributed by atoms with Crippen LogP contribution in [0, 0.1) is 0 Å². The first kappa shape index (κ1) is 23.1. The van der Waals surface area contributed by atoms with Crippen LogP contribution in [0.3, 0.4) is 0 Å². The highest BCUT2D eigenvalue weighted by Crippen LogP contribution is 2.51. The second-order valence-electron chi connectivity index (χ2n) is 12.9. The fourth-order valence-corrected chi connectivity index (χ4v) is 6.25. The van der Waals surface area contributed by atoms with Gasteiger partial charge in [0.1, 0.15) is 11.2 Å². The van der Waals surface area contributed by atoms with Crippen molar-refractivity contribution in [1.29, 1.82) is 0 Å². The van der Waals surface area contributed by atoms with Crippen molar-refractivity contribution >= 4 is 21.9 Å². The monoisotopic (exact) mass is 472 g/mol. The molecule has 0 spiro atoms. The molecule has 0 aliphatic heterocycles. The van der Waals surface area contributed by atoms with Crippen molar-refractivity contribution in [2.24, 2.45) is 0 Å². The van der Waals surface area contributed by atoms with E-state index in [-0.39, 0.29) is 16.2 Å². The number of fused-ring (bicyclic) bond motifs is 6. The second-order valence-corrected chi connectivity index (χ2v) is 12.9. The quantitative estimate of drug-likeness (QED) is 0.249. The Kier molecular flexibility index (Phi) is 4.87. The Balaban J connectivity index is 1.54. The lowest BCUT2D eigenvalue weighted by Gasteiger charge is -2.29. The number of hydrogen-bond donors (Lipinski definition) is 0. The molecular weight excluding hydrogens is 436 g/mol. The minimum absolute atomic E-state index is 0.0466. The van der Waals surface area contributed by atoms with Crippen molar-refractivity contribution in [3.05, 3.63) is 107 Å². The Morgan fingerprint density at radius 1 is 0.667 bits per heavy atom. The topological polar surface area (TPSA) is 13.1 Å². The summed E-state index contributed by atoms with van der Waals surface area (Å²) in [6, 6.07) is 29.4. The summed E-state index contributed by atoms with van der Waals surface area (Å²) in [6.07, 6.45) is 0.949. The highest BCUT2D eigenvalue weighted by atomic mass is 16.3. The lowest BCUT2D eigenvalue weighted by Crippen LogP contribution is -2.24. The smallest absolute Gasteiger partial charge is 0.135 e. The van der Waals surface area contributed by atoms with Crippen LogP contribution in [0.2, 0.25) is 0 Å². The first-order valence-corrected chi connectivity index (χ1v) is 13.2. The van der Waals surface area contributed by atoms with Gasteiger partial charge in [-0.05, 0) is 74.4 Å². The molecule has 0 fully saturated rings. The average Bonchev–Trinajstić information content (AvgIpc) is 3.31. The van der Waals surface area contributed by atoms with Crippen LogP contribution >= 0.6 is 0 Å². The van der Waals surface area contributed by atoms with Gasteiger partial charge in [0.2, 0.25) is 0 Å². The van der Waals surface area contributed by atoms with Crippen LogP contribution in [0.4, 0.5) is 0 Å². The standard InChI is InChI=1S/C35H36O/c1-33(2,3)23-16-17-25-24-11-8-9-12-27(24)35(7,29(25)20-23)21-22-15-18-30-26(19-22)32-28(34(4,5)6)13-10-14-31(32)36-30/h8-20H,21H2,1-7H3. The molecule has 1 aliphatic rings. The predicted octanol–water partition coefficient (Wildman–Crippen LogP) is 9.71. The van der Waals surface area contributed by atoms with E-state index in [2.05, 4.69) is 127 Å². The average molecular weight is 473 g/mol. The van der Waals surface area contributed by atoms with Crippen LogP contribution < -0.4 is 0 Å². The molecule has 1 heteroatoms. The van der Waals surface area contributed by atoms with Crippen molar-refractivity contribution in [3.8, 4) is 11.1 Å². The maximum atomic E-state index is 6.30. The molecular formula is C35H36O. The van der Waals surface area contributed by atoms with E-state index in [1.807, 2.05) is 0 Å². The van der Waals surface area contributed by atoms with Crippen LogP contribution in [-0.2, 0) is 22.7 Å². The summed E-state index contributed by atoms with van der Waals surface area (Å²) >= 11 is 0. The summed E-state index contributed by atoms with van der Waals surface area (Å²) in [6.45, 7) is 16.2. The summed E-state index contributed by atoms with van der Waals surface area (Å²) in [5.74, 6) is 0. The molecule has 0 bridgehead atoms. The zero-order valence-corrected chi connectivity index (χ0v) is 22.6. The Morgan fingerprint density at radius 2 is 1.42 bits per heavy atom. The van der Waals surface area contributed by atoms with E-state index in [0.717, 1.165) is 17.6 Å². The number of furan rings is 1. The lowest BCUT2D eigenvalue weighted by atomic mass is 9.73. The first-order valence-electron chi connectivity index (χ1n) is 13.2. The highest BCUT2D eigenvalue weighted by Gasteiger charge is 2.40. The lowest BCUT2D eigenvalue weighted by molar-refractivity contribution is 0.567. The van der Waals surface area contributed by atoms with Crippen LogP contribution in [-0.4, -0.2) is 0 Å². The molecule has 182 valence electrons. The van der Waals surface area contributed by atoms with Gasteiger partial charge < -0.3 is 4.42 Å². The maximum absolute atomic E-state index is 6.30. The summed E-state index contributed by atoms with van der Waals surface area (Å²) in [5, 5.41) is 2.49. The van der Waals surface area contributed by atoms with Crippen molar-refractivity contribution in [2.75, 3.05) is 0 Å². The molecule has 0 saturated heterocycles. The summed E-state index contributed by atoms with van der Waals surface area (Å²) in [4.78, 5) is 0. The van der Waals surface area contributed by atoms with E-state index in [1.165, 1.54) is 49.7 Å². The van der Waals surface area contributed by atoms with Crippen LogP contribution in [0.15, 0.2) is 83.3 Å². The van der Waals surface area contributed by atoms with Crippen molar-refractivity contribution in [2.45, 2.75) is 71.1 Å². The van der Waals surface area contributed by atoms with Gasteiger partial charge >= 0.3 is 0 Å². The van der Waals surface area contributed by atoms with Gasteiger partial charge in [-0.25, -0.2) is 0 Å². The minimum atomic E-state index is -0.0900. The second kappa shape index (κ2) is 7.59. The van der Waals surface area contributed by atoms with E-state index in [1.54, 1.807) is 0 Å². The molecule has 6 rings (SSSR count). The summed E-state index contributed by atoms with van der Waals surface area (Å²) in [7, 11) is 0. The largest absolute Gasteiger partial charge is 0.456 e. The fraction of sp³-hybridized carbons (Fsp3) is 0.314. The molecule has 1 nitrogen and oxygen atoms in total. The van der Waals surface area contributed by atoms with Crippen LogP contribution in [0.5, 0.6) is 0 Å². The number of rotatable bonds is 2. The van der Waals surface area contributed by atoms with Gasteiger partial charge in [0.05, 0.1) is 0 Å². The molecule has 4 aromatic carbocycles. The van der Waals surface area contributed by atoms with Crippen LogP contribution in [0.25, 0.3) is 33.1 Å². The zero-order chi connectivity index (χ0) is 25.5. The predicted molar refractivity (Wildman–Crippen MR) is 153 cm³/mol. The molecule has 1 unspecified atom stereocenters. The third kappa shape index (κ3) is 3.44. The molecule has 1 aliphatic carbocycles. The third-order valence-corrected chi connectivity index (χ3v) is 8.22. The maximum Gasteiger partial charge on any atom is 0.135 e. The molecule has 1 heterocycles. The van der Waals surface area contributed by atoms with Crippen molar-refractivity contribution < 1.29 is 4.42 Å². The Morgan fingerprint density at radius 3 is 2.17 bits per heavy atom. The Hall–Kier alpha value is -3.32. The number of hydrogen-bond acceptors (Lipinski definition) is 1. The Bertz CT molecular complexity index is 1630. The van der Waals surface area contributed by atoms with Gasteiger partial charge in [-0.1, -0.05) is 109 Å². The van der Waals surface area contributed by atoms with Crippen LogP contribution in [0.1, 0.15) is 76.3 Å². The normalized spacial score (nSPS) is 17.5. The SMILES string of the molecule is CC(C)(C)c1ccc2c(c1)C(C)(Cc1ccc3oc4cccc(C(C)(C)C)c4c3c1)c1ccccc1-2. The van der Waals surface area contributed by atoms with Crippen molar-refractivity contribution in [1.82, 2.24) is 0 Å². The van der Waals surface area contributed by atoms with Gasteiger partial charge in [-0.3, -0.25) is 0 Å². The molecule has 1 aromatic heterocycles. The number of benzene rings is 4. The molecule has 1 atom stereocenters. The van der Waals surface area contributed by atoms with E-state index in [9.17, 15) is 0 Å². The van der Waals surface area contributed by atoms with Gasteiger partial charge in [-0.15, -0.1) is 0 Å². The van der Waals surface area contributed by atoms with Gasteiger partial charge in [0.25, 0.3) is 0 Å². The zero-order valence-electron chi connectivity index (χ0n) is 22.6. The van der Waals surface area contributed by atoms with Crippen molar-refractivity contribution in [3.63, 3.8) is 0 Å². The first-order chi connectivity index (χ1) is 17.0. The van der Waals surface area contributed by atoms with E-state index in [4.69, 9.17) is 4.42 Å². The third-order valence-electron chi connectivity index (χ3n) is 8.22. The molecule has 0 radical (unpaired) electrons. The summed E-state index contributed by atoms with van der Waals surface area (Å²) in [5.41, 5.74) is 11.7. The fourth-order valence-electron chi connectivity index (χ4n) is 6.25.